The summed E-state index contributed by atoms with van der Waals surface area (Å²) in [5, 5.41) is 9.35. The summed E-state index contributed by atoms with van der Waals surface area (Å²) < 4.78 is 63.7. The van der Waals surface area contributed by atoms with E-state index in [0.29, 0.717) is 16.9 Å². The smallest absolute Gasteiger partial charge is 0.328 e. The molecule has 1 aromatic carbocycles. The summed E-state index contributed by atoms with van der Waals surface area (Å²) in [5.41, 5.74) is 0.573. The molecule has 0 aliphatic rings. The molecule has 2 aromatic heterocycles. The van der Waals surface area contributed by atoms with Crippen LogP contribution in [0, 0.1) is 0 Å². The van der Waals surface area contributed by atoms with Crippen LogP contribution in [0.2, 0.25) is 5.02 Å². The molecule has 0 aliphatic carbocycles. The molecule has 0 bridgehead atoms. The van der Waals surface area contributed by atoms with E-state index < -0.39 is 36.7 Å². The molecule has 0 fully saturated rings. The summed E-state index contributed by atoms with van der Waals surface area (Å²) in [6.07, 6.45) is -2.46. The molecule has 1 N–H and O–H groups in total. The first-order valence-electron chi connectivity index (χ1n) is 6.65. The standard InChI is InChI=1S/C13H7ClF3N5O2S2/c14-10-2-1-8(3-9(10)13(15,16)17)26(23,24)12-18-4-7(5-19-12)21-11-22-20-6-25-11/h1-6H,(H,21,22). The fourth-order valence-electron chi connectivity index (χ4n) is 1.86. The Bertz CT molecular complexity index is 1020. The molecule has 0 atom stereocenters. The van der Waals surface area contributed by atoms with Gasteiger partial charge < -0.3 is 5.32 Å². The zero-order valence-corrected chi connectivity index (χ0v) is 14.8. The van der Waals surface area contributed by atoms with Gasteiger partial charge in [0.25, 0.3) is 5.16 Å². The maximum absolute atomic E-state index is 12.9. The number of hydrogen-bond donors (Lipinski definition) is 1. The molecular formula is C13H7ClF3N5O2S2. The van der Waals surface area contributed by atoms with Crippen LogP contribution in [-0.4, -0.2) is 28.6 Å². The predicted octanol–water partition coefficient (Wildman–Crippen LogP) is 3.58. The largest absolute Gasteiger partial charge is 0.417 e. The maximum Gasteiger partial charge on any atom is 0.417 e. The van der Waals surface area contributed by atoms with Crippen molar-refractivity contribution >= 4 is 43.6 Å². The van der Waals surface area contributed by atoms with Gasteiger partial charge in [-0.25, -0.2) is 18.4 Å². The third kappa shape index (κ3) is 3.76. The normalized spacial score (nSPS) is 12.2. The van der Waals surface area contributed by atoms with Crippen LogP contribution in [0.5, 0.6) is 0 Å². The van der Waals surface area contributed by atoms with Crippen LogP contribution in [0.4, 0.5) is 24.0 Å². The van der Waals surface area contributed by atoms with E-state index in [2.05, 4.69) is 25.5 Å². The Balaban J connectivity index is 1.93. The Morgan fingerprint density at radius 1 is 1.15 bits per heavy atom. The van der Waals surface area contributed by atoms with Gasteiger partial charge in [-0.3, -0.25) is 0 Å². The second-order valence-corrected chi connectivity index (χ2v) is 7.85. The van der Waals surface area contributed by atoms with Gasteiger partial charge in [0, 0.05) is 0 Å². The van der Waals surface area contributed by atoms with E-state index >= 15 is 0 Å². The molecule has 3 rings (SSSR count). The summed E-state index contributed by atoms with van der Waals surface area (Å²) in [4.78, 5) is 6.79. The van der Waals surface area contributed by atoms with E-state index in [-0.39, 0.29) is 0 Å². The summed E-state index contributed by atoms with van der Waals surface area (Å²) >= 11 is 6.70. The highest BCUT2D eigenvalue weighted by Crippen LogP contribution is 2.36. The second-order valence-electron chi connectivity index (χ2n) is 4.77. The van der Waals surface area contributed by atoms with Gasteiger partial charge in [0.2, 0.25) is 15.0 Å². The maximum atomic E-state index is 12.9. The molecule has 0 aliphatic heterocycles. The molecule has 0 saturated carbocycles. The van der Waals surface area contributed by atoms with Gasteiger partial charge in [0.1, 0.15) is 5.51 Å². The number of aromatic nitrogens is 4. The molecule has 13 heteroatoms. The lowest BCUT2D eigenvalue weighted by Crippen LogP contribution is -2.11. The van der Waals surface area contributed by atoms with Gasteiger partial charge in [0.05, 0.1) is 33.6 Å². The molecule has 3 aromatic rings. The fourth-order valence-corrected chi connectivity index (χ4v) is 3.67. The molecular weight excluding hydrogens is 415 g/mol. The van der Waals surface area contributed by atoms with Crippen LogP contribution >= 0.6 is 22.9 Å². The van der Waals surface area contributed by atoms with E-state index in [1.165, 1.54) is 29.2 Å². The molecule has 7 nitrogen and oxygen atoms in total. The number of halogens is 4. The van der Waals surface area contributed by atoms with E-state index in [1.807, 2.05) is 0 Å². The van der Waals surface area contributed by atoms with Gasteiger partial charge in [-0.05, 0) is 18.2 Å². The van der Waals surface area contributed by atoms with E-state index in [4.69, 9.17) is 11.6 Å². The first-order chi connectivity index (χ1) is 12.2. The van der Waals surface area contributed by atoms with Crippen molar-refractivity contribution in [2.24, 2.45) is 0 Å². The lowest BCUT2D eigenvalue weighted by atomic mass is 10.2. The third-order valence-electron chi connectivity index (χ3n) is 3.03. The highest BCUT2D eigenvalue weighted by atomic mass is 35.5. The van der Waals surface area contributed by atoms with Crippen molar-refractivity contribution in [3.8, 4) is 0 Å². The number of benzene rings is 1. The highest BCUT2D eigenvalue weighted by molar-refractivity contribution is 7.91. The Hall–Kier alpha value is -2.31. The number of anilines is 2. The van der Waals surface area contributed by atoms with Gasteiger partial charge in [-0.1, -0.05) is 22.9 Å². The van der Waals surface area contributed by atoms with Crippen molar-refractivity contribution in [1.82, 2.24) is 20.2 Å². The molecule has 136 valence electrons. The monoisotopic (exact) mass is 421 g/mol. The van der Waals surface area contributed by atoms with Crippen LogP contribution < -0.4 is 5.32 Å². The number of hydrogen-bond acceptors (Lipinski definition) is 8. The minimum Gasteiger partial charge on any atom is -0.328 e. The van der Waals surface area contributed by atoms with Gasteiger partial charge in [-0.15, -0.1) is 10.2 Å². The van der Waals surface area contributed by atoms with Crippen molar-refractivity contribution < 1.29 is 21.6 Å². The summed E-state index contributed by atoms with van der Waals surface area (Å²) in [6, 6.07) is 2.28. The average molecular weight is 422 g/mol. The summed E-state index contributed by atoms with van der Waals surface area (Å²) in [5.74, 6) is 0. The molecule has 0 saturated heterocycles. The Morgan fingerprint density at radius 2 is 1.85 bits per heavy atom. The van der Waals surface area contributed by atoms with Gasteiger partial charge in [-0.2, -0.15) is 13.2 Å². The van der Waals surface area contributed by atoms with Crippen molar-refractivity contribution in [1.29, 1.82) is 0 Å². The first kappa shape index (κ1) is 18.5. The number of rotatable bonds is 4. The van der Waals surface area contributed by atoms with Crippen molar-refractivity contribution in [2.75, 3.05) is 5.32 Å². The zero-order chi connectivity index (χ0) is 18.9. The van der Waals surface area contributed by atoms with Crippen LogP contribution in [0.15, 0.2) is 46.2 Å². The third-order valence-corrected chi connectivity index (χ3v) is 5.54. The van der Waals surface area contributed by atoms with E-state index in [0.717, 1.165) is 12.1 Å². The second kappa shape index (κ2) is 6.78. The minimum atomic E-state index is -4.79. The van der Waals surface area contributed by atoms with E-state index in [1.54, 1.807) is 0 Å². The van der Waals surface area contributed by atoms with Crippen molar-refractivity contribution in [3.05, 3.63) is 46.7 Å². The lowest BCUT2D eigenvalue weighted by Gasteiger charge is -2.11. The number of sulfone groups is 1. The van der Waals surface area contributed by atoms with Crippen molar-refractivity contribution in [3.63, 3.8) is 0 Å². The molecule has 0 spiro atoms. The van der Waals surface area contributed by atoms with Crippen LogP contribution in [0.3, 0.4) is 0 Å². The summed E-state index contributed by atoms with van der Waals surface area (Å²) in [7, 11) is -4.35. The van der Waals surface area contributed by atoms with Gasteiger partial charge >= 0.3 is 6.18 Å². The SMILES string of the molecule is O=S(=O)(c1ccc(Cl)c(C(F)(F)F)c1)c1ncc(Nc2nncs2)cn1. The van der Waals surface area contributed by atoms with Crippen LogP contribution in [0.25, 0.3) is 0 Å². The summed E-state index contributed by atoms with van der Waals surface area (Å²) in [6.45, 7) is 0. The first-order valence-corrected chi connectivity index (χ1v) is 9.39. The lowest BCUT2D eigenvalue weighted by molar-refractivity contribution is -0.137. The number of alkyl halides is 3. The average Bonchev–Trinajstić information content (AvgIpc) is 3.07. The molecule has 0 radical (unpaired) electrons. The topological polar surface area (TPSA) is 97.7 Å². The highest BCUT2D eigenvalue weighted by Gasteiger charge is 2.35. The molecule has 0 unspecified atom stereocenters. The van der Waals surface area contributed by atoms with Crippen LogP contribution in [-0.2, 0) is 16.0 Å². The van der Waals surface area contributed by atoms with Gasteiger partial charge in [0.15, 0.2) is 0 Å². The minimum absolute atomic E-state index is 0.341. The Morgan fingerprint density at radius 3 is 2.42 bits per heavy atom. The number of nitrogens with zero attached hydrogens (tertiary/aromatic N) is 4. The van der Waals surface area contributed by atoms with Crippen molar-refractivity contribution in [2.45, 2.75) is 16.2 Å². The fraction of sp³-hybridized carbons (Fsp3) is 0.0769. The van der Waals surface area contributed by atoms with Crippen LogP contribution in [0.1, 0.15) is 5.56 Å². The predicted molar refractivity (Wildman–Crippen MR) is 87.1 cm³/mol. The Kier molecular flexibility index (Phi) is 4.82. The quantitative estimate of drug-likeness (QED) is 0.643. The molecule has 0 amide bonds. The zero-order valence-electron chi connectivity index (χ0n) is 12.4. The Labute approximate surface area is 153 Å². The molecule has 2 heterocycles. The molecule has 26 heavy (non-hydrogen) atoms. The van der Waals surface area contributed by atoms with E-state index in [9.17, 15) is 21.6 Å². The number of nitrogens with one attached hydrogen (secondary N) is 1.